The fourth-order valence-electron chi connectivity index (χ4n) is 2.95. The van der Waals surface area contributed by atoms with Crippen LogP contribution >= 0.6 is 11.3 Å². The van der Waals surface area contributed by atoms with Crippen molar-refractivity contribution in [1.82, 2.24) is 4.98 Å². The molecule has 0 saturated carbocycles. The number of nitrogens with zero attached hydrogens (tertiary/aromatic N) is 1. The Bertz CT molecular complexity index is 1110. The van der Waals surface area contributed by atoms with E-state index in [1.807, 2.05) is 66.7 Å². The summed E-state index contributed by atoms with van der Waals surface area (Å²) in [4.78, 5) is 16.8. The quantitative estimate of drug-likeness (QED) is 0.432. The maximum Gasteiger partial charge on any atom is 0.248 e. The maximum absolute atomic E-state index is 12.2. The van der Waals surface area contributed by atoms with Gasteiger partial charge in [0.25, 0.3) is 0 Å². The van der Waals surface area contributed by atoms with E-state index >= 15 is 0 Å². The van der Waals surface area contributed by atoms with E-state index in [0.29, 0.717) is 0 Å². The first kappa shape index (κ1) is 18.9. The molecule has 4 aromatic rings. The fraction of sp³-hybridized carbons (Fsp3) is 0.0833. The Kier molecular flexibility index (Phi) is 5.68. The van der Waals surface area contributed by atoms with Crippen molar-refractivity contribution in [2.75, 3.05) is 12.4 Å². The molecule has 0 unspecified atom stereocenters. The molecule has 0 aliphatic rings. The van der Waals surface area contributed by atoms with E-state index < -0.39 is 0 Å². The number of thiazole rings is 1. The van der Waals surface area contributed by atoms with Crippen LogP contribution in [-0.4, -0.2) is 18.0 Å². The number of rotatable bonds is 6. The SMILES string of the molecule is COc1ccc(/C=C/C(=O)Nc2ccc(Cc3nc4ccccc4s3)cc2)cc1. The molecule has 5 heteroatoms. The minimum absolute atomic E-state index is 0.167. The highest BCUT2D eigenvalue weighted by molar-refractivity contribution is 7.18. The molecule has 0 radical (unpaired) electrons. The monoisotopic (exact) mass is 400 g/mol. The molecule has 4 rings (SSSR count). The molecule has 0 aliphatic carbocycles. The average Bonchev–Trinajstić information content (AvgIpc) is 3.16. The van der Waals surface area contributed by atoms with Crippen LogP contribution in [-0.2, 0) is 11.2 Å². The molecular weight excluding hydrogens is 380 g/mol. The Morgan fingerprint density at radius 3 is 2.52 bits per heavy atom. The number of ether oxygens (including phenoxy) is 1. The Hall–Kier alpha value is -3.44. The van der Waals surface area contributed by atoms with E-state index in [9.17, 15) is 4.79 Å². The van der Waals surface area contributed by atoms with Crippen molar-refractivity contribution in [2.45, 2.75) is 6.42 Å². The van der Waals surface area contributed by atoms with Crippen molar-refractivity contribution in [3.05, 3.63) is 95.0 Å². The van der Waals surface area contributed by atoms with Gasteiger partial charge in [-0.3, -0.25) is 4.79 Å². The first-order valence-corrected chi connectivity index (χ1v) is 10.1. The number of amides is 1. The lowest BCUT2D eigenvalue weighted by Crippen LogP contribution is -2.07. The van der Waals surface area contributed by atoms with Gasteiger partial charge in [-0.2, -0.15) is 0 Å². The van der Waals surface area contributed by atoms with Gasteiger partial charge < -0.3 is 10.1 Å². The summed E-state index contributed by atoms with van der Waals surface area (Å²) in [6, 6.07) is 23.6. The molecule has 1 aromatic heterocycles. The number of carbonyl (C=O) groups is 1. The molecule has 0 spiro atoms. The number of hydrogen-bond donors (Lipinski definition) is 1. The summed E-state index contributed by atoms with van der Waals surface area (Å²) in [5.74, 6) is 0.622. The summed E-state index contributed by atoms with van der Waals surface area (Å²) in [5, 5.41) is 3.97. The largest absolute Gasteiger partial charge is 0.497 e. The van der Waals surface area contributed by atoms with Crippen LogP contribution in [0.1, 0.15) is 16.1 Å². The minimum atomic E-state index is -0.167. The Morgan fingerprint density at radius 2 is 1.79 bits per heavy atom. The fourth-order valence-corrected chi connectivity index (χ4v) is 3.95. The van der Waals surface area contributed by atoms with Gasteiger partial charge in [0, 0.05) is 18.2 Å². The van der Waals surface area contributed by atoms with Gasteiger partial charge in [0.05, 0.1) is 22.3 Å². The van der Waals surface area contributed by atoms with Crippen molar-refractivity contribution in [3.8, 4) is 5.75 Å². The lowest BCUT2D eigenvalue weighted by atomic mass is 10.1. The summed E-state index contributed by atoms with van der Waals surface area (Å²) in [5.41, 5.74) is 3.91. The van der Waals surface area contributed by atoms with Crippen LogP contribution in [0.25, 0.3) is 16.3 Å². The van der Waals surface area contributed by atoms with E-state index in [2.05, 4.69) is 16.4 Å². The van der Waals surface area contributed by atoms with E-state index in [1.165, 1.54) is 10.8 Å². The Balaban J connectivity index is 1.35. The molecule has 4 nitrogen and oxygen atoms in total. The van der Waals surface area contributed by atoms with Crippen molar-refractivity contribution in [3.63, 3.8) is 0 Å². The molecule has 3 aromatic carbocycles. The zero-order chi connectivity index (χ0) is 20.1. The Morgan fingerprint density at radius 1 is 1.03 bits per heavy atom. The number of fused-ring (bicyclic) bond motifs is 1. The summed E-state index contributed by atoms with van der Waals surface area (Å²) in [6.07, 6.45) is 4.08. The topological polar surface area (TPSA) is 51.2 Å². The lowest BCUT2D eigenvalue weighted by molar-refractivity contribution is -0.111. The molecule has 0 fully saturated rings. The van der Waals surface area contributed by atoms with Gasteiger partial charge >= 0.3 is 0 Å². The van der Waals surface area contributed by atoms with E-state index in [-0.39, 0.29) is 5.91 Å². The summed E-state index contributed by atoms with van der Waals surface area (Å²) in [7, 11) is 1.63. The predicted molar refractivity (Wildman–Crippen MR) is 120 cm³/mol. The van der Waals surface area contributed by atoms with Crippen LogP contribution in [0.4, 0.5) is 5.69 Å². The van der Waals surface area contributed by atoms with Gasteiger partial charge in [-0.05, 0) is 53.6 Å². The molecule has 0 atom stereocenters. The number of nitrogens with one attached hydrogen (secondary N) is 1. The second kappa shape index (κ2) is 8.71. The summed E-state index contributed by atoms with van der Waals surface area (Å²) in [6.45, 7) is 0. The third-order valence-corrected chi connectivity index (χ3v) is 5.49. The number of benzene rings is 3. The van der Waals surface area contributed by atoms with Crippen LogP contribution in [0.3, 0.4) is 0 Å². The normalized spacial score (nSPS) is 11.1. The number of carbonyl (C=O) groups excluding carboxylic acids is 1. The smallest absolute Gasteiger partial charge is 0.248 e. The van der Waals surface area contributed by atoms with Gasteiger partial charge in [0.15, 0.2) is 0 Å². The zero-order valence-corrected chi connectivity index (χ0v) is 16.8. The van der Waals surface area contributed by atoms with Crippen LogP contribution in [0, 0.1) is 0 Å². The third kappa shape index (κ3) is 4.89. The zero-order valence-electron chi connectivity index (χ0n) is 16.0. The molecule has 29 heavy (non-hydrogen) atoms. The van der Waals surface area contributed by atoms with Crippen molar-refractivity contribution in [1.29, 1.82) is 0 Å². The lowest BCUT2D eigenvalue weighted by Gasteiger charge is -2.04. The highest BCUT2D eigenvalue weighted by Gasteiger charge is 2.05. The van der Waals surface area contributed by atoms with Crippen LogP contribution < -0.4 is 10.1 Å². The third-order valence-electron chi connectivity index (χ3n) is 4.46. The first-order valence-electron chi connectivity index (χ1n) is 9.26. The van der Waals surface area contributed by atoms with Crippen molar-refractivity contribution in [2.24, 2.45) is 0 Å². The highest BCUT2D eigenvalue weighted by atomic mass is 32.1. The van der Waals surface area contributed by atoms with Gasteiger partial charge in [-0.25, -0.2) is 4.98 Å². The summed E-state index contributed by atoms with van der Waals surface area (Å²) >= 11 is 1.72. The Labute approximate surface area is 173 Å². The average molecular weight is 401 g/mol. The van der Waals surface area contributed by atoms with Crippen LogP contribution in [0.2, 0.25) is 0 Å². The number of methoxy groups -OCH3 is 1. The van der Waals surface area contributed by atoms with Crippen molar-refractivity contribution >= 4 is 39.2 Å². The van der Waals surface area contributed by atoms with Gasteiger partial charge in [0.2, 0.25) is 5.91 Å². The van der Waals surface area contributed by atoms with Gasteiger partial charge in [0.1, 0.15) is 5.75 Å². The molecule has 1 heterocycles. The maximum atomic E-state index is 12.2. The number of anilines is 1. The molecule has 0 bridgehead atoms. The van der Waals surface area contributed by atoms with E-state index in [1.54, 1.807) is 24.5 Å². The van der Waals surface area contributed by atoms with Crippen molar-refractivity contribution < 1.29 is 9.53 Å². The molecule has 1 N–H and O–H groups in total. The number of hydrogen-bond acceptors (Lipinski definition) is 4. The molecule has 0 aliphatic heterocycles. The van der Waals surface area contributed by atoms with E-state index in [0.717, 1.165) is 39.5 Å². The second-order valence-electron chi connectivity index (χ2n) is 6.54. The highest BCUT2D eigenvalue weighted by Crippen LogP contribution is 2.24. The predicted octanol–water partition coefficient (Wildman–Crippen LogP) is 5.55. The van der Waals surface area contributed by atoms with Crippen LogP contribution in [0.5, 0.6) is 5.75 Å². The molecule has 1 amide bonds. The number of para-hydroxylation sites is 1. The molecule has 144 valence electrons. The summed E-state index contributed by atoms with van der Waals surface area (Å²) < 4.78 is 6.33. The minimum Gasteiger partial charge on any atom is -0.497 e. The first-order chi connectivity index (χ1) is 14.2. The van der Waals surface area contributed by atoms with Gasteiger partial charge in [-0.1, -0.05) is 36.4 Å². The van der Waals surface area contributed by atoms with E-state index in [4.69, 9.17) is 4.74 Å². The van der Waals surface area contributed by atoms with Gasteiger partial charge in [-0.15, -0.1) is 11.3 Å². The van der Waals surface area contributed by atoms with Crippen LogP contribution in [0.15, 0.2) is 78.9 Å². The standard InChI is InChI=1S/C24H20N2O2S/c1-28-20-13-8-17(9-14-20)10-15-23(27)25-19-11-6-18(7-12-19)16-24-26-21-4-2-3-5-22(21)29-24/h2-15H,16H2,1H3,(H,25,27)/b15-10+. The molecular formula is C24H20N2O2S. The second-order valence-corrected chi connectivity index (χ2v) is 7.66. The molecule has 0 saturated heterocycles. The number of aromatic nitrogens is 1.